The lowest BCUT2D eigenvalue weighted by atomic mass is 10.0. The molecule has 1 heterocycles. The average molecular weight is 380 g/mol. The van der Waals surface area contributed by atoms with Gasteiger partial charge in [-0.05, 0) is 30.7 Å². The normalized spacial score (nSPS) is 11.6. The molecule has 3 aromatic rings. The van der Waals surface area contributed by atoms with Crippen molar-refractivity contribution in [3.8, 4) is 0 Å². The molecule has 0 fully saturated rings. The van der Waals surface area contributed by atoms with Crippen molar-refractivity contribution >= 4 is 17.5 Å². The van der Waals surface area contributed by atoms with Crippen molar-refractivity contribution in [1.82, 2.24) is 0 Å². The molecule has 0 bridgehead atoms. The van der Waals surface area contributed by atoms with Gasteiger partial charge in [-0.3, -0.25) is 10.1 Å². The van der Waals surface area contributed by atoms with Crippen molar-refractivity contribution in [2.24, 2.45) is 0 Å². The molecule has 1 atom stereocenters. The third kappa shape index (κ3) is 4.97. The van der Waals surface area contributed by atoms with Crippen LogP contribution in [0, 0.1) is 17.0 Å². The molecule has 1 N–H and O–H groups in total. The Morgan fingerprint density at radius 3 is 2.46 bits per heavy atom. The highest BCUT2D eigenvalue weighted by Crippen LogP contribution is 2.23. The number of carbonyl (C=O) groups is 1. The quantitative estimate of drug-likeness (QED) is 0.339. The van der Waals surface area contributed by atoms with Crippen LogP contribution in [0.5, 0.6) is 0 Å². The molecule has 2 aromatic carbocycles. The SMILES string of the molecule is Cc1ccc(NC(CCOC(=O)c2ccc([N+](=O)[O-])o2)c2ccccc2)cc1. The van der Waals surface area contributed by atoms with Crippen molar-refractivity contribution in [2.75, 3.05) is 11.9 Å². The summed E-state index contributed by atoms with van der Waals surface area (Å²) in [6.07, 6.45) is 0.520. The number of nitrogens with zero attached hydrogens (tertiary/aromatic N) is 1. The molecule has 0 saturated heterocycles. The highest BCUT2D eigenvalue weighted by atomic mass is 16.7. The molecule has 7 heteroatoms. The zero-order valence-electron chi connectivity index (χ0n) is 15.3. The molecule has 28 heavy (non-hydrogen) atoms. The van der Waals surface area contributed by atoms with E-state index in [1.54, 1.807) is 0 Å². The summed E-state index contributed by atoms with van der Waals surface area (Å²) in [4.78, 5) is 22.0. The summed E-state index contributed by atoms with van der Waals surface area (Å²) in [6.45, 7) is 2.16. The van der Waals surface area contributed by atoms with Gasteiger partial charge in [0.25, 0.3) is 0 Å². The molecule has 0 aliphatic carbocycles. The van der Waals surface area contributed by atoms with E-state index in [0.29, 0.717) is 6.42 Å². The molecule has 1 aromatic heterocycles. The molecule has 0 saturated carbocycles. The molecule has 0 amide bonds. The van der Waals surface area contributed by atoms with E-state index in [-0.39, 0.29) is 18.4 Å². The Labute approximate surface area is 162 Å². The number of furan rings is 1. The summed E-state index contributed by atoms with van der Waals surface area (Å²) in [5.74, 6) is -1.40. The van der Waals surface area contributed by atoms with Crippen LogP contribution in [0.3, 0.4) is 0 Å². The second-order valence-corrected chi connectivity index (χ2v) is 6.29. The molecular weight excluding hydrogens is 360 g/mol. The third-order valence-electron chi connectivity index (χ3n) is 4.21. The first-order valence-corrected chi connectivity index (χ1v) is 8.82. The molecule has 3 rings (SSSR count). The maximum atomic E-state index is 12.0. The Hall–Kier alpha value is -3.61. The number of hydrogen-bond donors (Lipinski definition) is 1. The van der Waals surface area contributed by atoms with Crippen LogP contribution in [0.15, 0.2) is 71.1 Å². The Kier molecular flexibility index (Phi) is 6.06. The number of aryl methyl sites for hydroxylation is 1. The topological polar surface area (TPSA) is 94.6 Å². The summed E-state index contributed by atoms with van der Waals surface area (Å²) in [5, 5.41) is 14.1. The van der Waals surface area contributed by atoms with E-state index in [1.165, 1.54) is 11.6 Å². The molecule has 144 valence electrons. The largest absolute Gasteiger partial charge is 0.460 e. The van der Waals surface area contributed by atoms with E-state index >= 15 is 0 Å². The maximum Gasteiger partial charge on any atom is 0.433 e. The lowest BCUT2D eigenvalue weighted by Gasteiger charge is -2.20. The molecule has 7 nitrogen and oxygen atoms in total. The van der Waals surface area contributed by atoms with Crippen LogP contribution in [0.25, 0.3) is 0 Å². The molecule has 0 spiro atoms. The van der Waals surface area contributed by atoms with Gasteiger partial charge in [-0.15, -0.1) is 0 Å². The zero-order chi connectivity index (χ0) is 19.9. The minimum atomic E-state index is -0.727. The fraction of sp³-hybridized carbons (Fsp3) is 0.190. The molecule has 0 aliphatic rings. The van der Waals surface area contributed by atoms with Gasteiger partial charge in [0.15, 0.2) is 0 Å². The lowest BCUT2D eigenvalue weighted by molar-refractivity contribution is -0.402. The van der Waals surface area contributed by atoms with E-state index < -0.39 is 16.8 Å². The minimum absolute atomic E-state index is 0.0670. The average Bonchev–Trinajstić information content (AvgIpc) is 3.20. The zero-order valence-corrected chi connectivity index (χ0v) is 15.3. The fourth-order valence-electron chi connectivity index (χ4n) is 2.73. The second kappa shape index (κ2) is 8.85. The number of hydrogen-bond acceptors (Lipinski definition) is 6. The number of nitro groups is 1. The predicted octanol–water partition coefficient (Wildman–Crippen LogP) is 4.90. The third-order valence-corrected chi connectivity index (χ3v) is 4.21. The van der Waals surface area contributed by atoms with Gasteiger partial charge in [0.2, 0.25) is 5.76 Å². The van der Waals surface area contributed by atoms with Gasteiger partial charge in [-0.25, -0.2) is 4.79 Å². The molecule has 0 radical (unpaired) electrons. The van der Waals surface area contributed by atoms with E-state index in [2.05, 4.69) is 5.32 Å². The van der Waals surface area contributed by atoms with Gasteiger partial charge in [0.05, 0.1) is 18.7 Å². The van der Waals surface area contributed by atoms with Gasteiger partial charge < -0.3 is 14.5 Å². The maximum absolute atomic E-state index is 12.0. The van der Waals surface area contributed by atoms with Crippen LogP contribution < -0.4 is 5.32 Å². The number of ether oxygens (including phenoxy) is 1. The van der Waals surface area contributed by atoms with Crippen molar-refractivity contribution in [3.05, 3.63) is 93.7 Å². The molecule has 0 aliphatic heterocycles. The van der Waals surface area contributed by atoms with Crippen LogP contribution in [0.2, 0.25) is 0 Å². The second-order valence-electron chi connectivity index (χ2n) is 6.29. The van der Waals surface area contributed by atoms with Gasteiger partial charge in [-0.1, -0.05) is 48.0 Å². The first kappa shape index (κ1) is 19.2. The number of esters is 1. The summed E-state index contributed by atoms with van der Waals surface area (Å²) in [5.41, 5.74) is 3.20. The summed E-state index contributed by atoms with van der Waals surface area (Å²) >= 11 is 0. The van der Waals surface area contributed by atoms with Gasteiger partial charge >= 0.3 is 11.9 Å². The Morgan fingerprint density at radius 1 is 1.11 bits per heavy atom. The number of carbonyl (C=O) groups excluding carboxylic acids is 1. The Morgan fingerprint density at radius 2 is 1.82 bits per heavy atom. The van der Waals surface area contributed by atoms with Crippen LogP contribution >= 0.6 is 0 Å². The summed E-state index contributed by atoms with van der Waals surface area (Å²) < 4.78 is 10.1. The number of anilines is 1. The highest BCUT2D eigenvalue weighted by Gasteiger charge is 2.19. The van der Waals surface area contributed by atoms with Crippen molar-refractivity contribution in [3.63, 3.8) is 0 Å². The summed E-state index contributed by atoms with van der Waals surface area (Å²) in [7, 11) is 0. The van der Waals surface area contributed by atoms with E-state index in [4.69, 9.17) is 9.15 Å². The molecular formula is C21H20N2O5. The standard InChI is InChI=1S/C21H20N2O5/c1-15-7-9-17(10-8-15)22-18(16-5-3-2-4-6-16)13-14-27-21(24)19-11-12-20(28-19)23(25)26/h2-12,18,22H,13-14H2,1H3. The van der Waals surface area contributed by atoms with Crippen LogP contribution in [-0.2, 0) is 4.74 Å². The van der Waals surface area contributed by atoms with Gasteiger partial charge in [-0.2, -0.15) is 0 Å². The van der Waals surface area contributed by atoms with Crippen molar-refractivity contribution in [1.29, 1.82) is 0 Å². The van der Waals surface area contributed by atoms with E-state index in [1.807, 2.05) is 61.5 Å². The Bertz CT molecular complexity index is 935. The Balaban J connectivity index is 1.63. The predicted molar refractivity (Wildman–Crippen MR) is 104 cm³/mol. The van der Waals surface area contributed by atoms with Crippen molar-refractivity contribution in [2.45, 2.75) is 19.4 Å². The summed E-state index contributed by atoms with van der Waals surface area (Å²) in [6, 6.07) is 20.2. The van der Waals surface area contributed by atoms with Crippen molar-refractivity contribution < 1.29 is 18.9 Å². The van der Waals surface area contributed by atoms with Crippen LogP contribution in [0.1, 0.15) is 34.1 Å². The van der Waals surface area contributed by atoms with Gasteiger partial charge in [0.1, 0.15) is 4.92 Å². The first-order chi connectivity index (χ1) is 13.5. The monoisotopic (exact) mass is 380 g/mol. The highest BCUT2D eigenvalue weighted by molar-refractivity contribution is 5.86. The molecule has 1 unspecified atom stereocenters. The number of benzene rings is 2. The number of nitrogens with one attached hydrogen (secondary N) is 1. The van der Waals surface area contributed by atoms with E-state index in [0.717, 1.165) is 17.3 Å². The van der Waals surface area contributed by atoms with Crippen LogP contribution in [-0.4, -0.2) is 17.5 Å². The fourth-order valence-corrected chi connectivity index (χ4v) is 2.73. The van der Waals surface area contributed by atoms with Crippen LogP contribution in [0.4, 0.5) is 11.6 Å². The lowest BCUT2D eigenvalue weighted by Crippen LogP contribution is -2.15. The van der Waals surface area contributed by atoms with Gasteiger partial charge in [0, 0.05) is 12.1 Å². The smallest absolute Gasteiger partial charge is 0.433 e. The number of rotatable bonds is 8. The first-order valence-electron chi connectivity index (χ1n) is 8.82. The minimum Gasteiger partial charge on any atom is -0.460 e. The van der Waals surface area contributed by atoms with E-state index in [9.17, 15) is 14.9 Å².